The van der Waals surface area contributed by atoms with Crippen LogP contribution in [-0.4, -0.2) is 40.3 Å². The molecule has 5 nitrogen and oxygen atoms in total. The Bertz CT molecular complexity index is 332. The monoisotopic (exact) mass is 307 g/mol. The molecule has 16 heavy (non-hydrogen) atoms. The number of halogens is 1. The van der Waals surface area contributed by atoms with E-state index in [4.69, 9.17) is 0 Å². The summed E-state index contributed by atoms with van der Waals surface area (Å²) in [7, 11) is 7.88. The molecule has 0 aliphatic heterocycles. The second kappa shape index (κ2) is 9.62. The summed E-state index contributed by atoms with van der Waals surface area (Å²) in [5.74, 6) is 0. The van der Waals surface area contributed by atoms with E-state index < -0.39 is 0 Å². The van der Waals surface area contributed by atoms with Gasteiger partial charge in [0.15, 0.2) is 17.3 Å². The number of rotatable bonds is 2. The number of nitrogens with zero attached hydrogens (tertiary/aromatic N) is 5. The van der Waals surface area contributed by atoms with E-state index in [1.54, 1.807) is 23.5 Å². The van der Waals surface area contributed by atoms with Crippen LogP contribution in [0.4, 0.5) is 0 Å². The average molecular weight is 308 g/mol. The van der Waals surface area contributed by atoms with Gasteiger partial charge in [-0.05, 0) is 14.1 Å². The van der Waals surface area contributed by atoms with Crippen LogP contribution in [0.1, 0.15) is 5.69 Å². The van der Waals surface area contributed by atoms with Crippen LogP contribution >= 0.6 is 10.1 Å². The molecule has 91 valence electrons. The Hall–Kier alpha value is -0.591. The fraction of sp³-hybridized carbons (Fsp3) is 0.250. The van der Waals surface area contributed by atoms with E-state index in [0.717, 1.165) is 0 Å². The van der Waals surface area contributed by atoms with Crippen LogP contribution in [0.3, 0.4) is 0 Å². The number of thiol groups is 1. The molecule has 1 rings (SSSR count). The molecule has 0 atom stereocenters. The number of hydrogen-bond donors (Lipinski definition) is 0. The van der Waals surface area contributed by atoms with Crippen LogP contribution in [0.2, 0.25) is 0 Å². The zero-order valence-corrected chi connectivity index (χ0v) is 11.3. The van der Waals surface area contributed by atoms with Crippen LogP contribution < -0.4 is 0 Å². The molecule has 1 aromatic heterocycles. The quantitative estimate of drug-likeness (QED) is 0.203. The number of aromatic nitrogens is 2. The molecule has 0 aliphatic carbocycles. The van der Waals surface area contributed by atoms with Gasteiger partial charge < -0.3 is 10.5 Å². The standard InChI is InChI=1S/C8H11N5S.ClH.Cu/c1-13(2)8(14)12-11-6-7-5-9-3-4-10-7;;/h3-6H,1-2H3,(H,10,12,14);1H;/q;;+2/p-1. The Morgan fingerprint density at radius 3 is 2.75 bits per heavy atom. The molecule has 0 aromatic carbocycles. The van der Waals surface area contributed by atoms with Crippen LogP contribution in [0, 0.1) is 0 Å². The van der Waals surface area contributed by atoms with E-state index in [-0.39, 0.29) is 0 Å². The molecule has 1 aromatic rings. The summed E-state index contributed by atoms with van der Waals surface area (Å²) in [5, 5.41) is 4.34. The first-order chi connectivity index (χ1) is 7.70. The van der Waals surface area contributed by atoms with Crippen molar-refractivity contribution in [1.82, 2.24) is 14.9 Å². The molecule has 8 heteroatoms. The molecule has 1 heterocycles. The zero-order valence-electron chi connectivity index (χ0n) is 8.67. The molecule has 0 spiro atoms. The molecular weight excluding hydrogens is 297 g/mol. The maximum absolute atomic E-state index is 4.20. The first-order valence-electron chi connectivity index (χ1n) is 4.05. The molecule has 0 saturated heterocycles. The molecule has 0 fully saturated rings. The van der Waals surface area contributed by atoms with Crippen molar-refractivity contribution in [3.05, 3.63) is 29.7 Å². The molecule has 0 N–H and O–H groups in total. The molecular formula is C8H11ClCuN5S+. The molecule has 0 radical (unpaired) electrons. The van der Waals surface area contributed by atoms with Gasteiger partial charge in [-0.25, -0.2) is 0 Å². The molecule has 0 aliphatic rings. The third kappa shape index (κ3) is 6.81. The summed E-state index contributed by atoms with van der Waals surface area (Å²) in [4.78, 5) is 9.63. The Morgan fingerprint density at radius 2 is 2.25 bits per heavy atom. The van der Waals surface area contributed by atoms with E-state index in [2.05, 4.69) is 57.9 Å². The summed E-state index contributed by atoms with van der Waals surface area (Å²) < 4.78 is 0. The van der Waals surface area contributed by atoms with Gasteiger partial charge in [0.2, 0.25) is 0 Å². The third-order valence-electron chi connectivity index (χ3n) is 1.32. The van der Waals surface area contributed by atoms with Crippen molar-refractivity contribution in [2.45, 2.75) is 0 Å². The van der Waals surface area contributed by atoms with Gasteiger partial charge in [0.05, 0.1) is 11.9 Å². The minimum atomic E-state index is 0.533. The van der Waals surface area contributed by atoms with Gasteiger partial charge in [0.25, 0.3) is 0 Å². The summed E-state index contributed by atoms with van der Waals surface area (Å²) in [6.45, 7) is 0. The van der Waals surface area contributed by atoms with Crippen molar-refractivity contribution >= 4 is 33.6 Å². The van der Waals surface area contributed by atoms with Gasteiger partial charge in [-0.3, -0.25) is 14.9 Å². The molecule has 0 bridgehead atoms. The third-order valence-corrected chi connectivity index (χ3v) is 1.81. The average Bonchev–Trinajstić information content (AvgIpc) is 2.33. The van der Waals surface area contributed by atoms with Crippen molar-refractivity contribution in [3.8, 4) is 0 Å². The second-order valence-electron chi connectivity index (χ2n) is 2.67. The van der Waals surface area contributed by atoms with Crippen molar-refractivity contribution in [1.29, 1.82) is 0 Å². The van der Waals surface area contributed by atoms with Crippen LogP contribution in [0.5, 0.6) is 0 Å². The maximum atomic E-state index is 4.20. The zero-order chi connectivity index (χ0) is 12.4. The summed E-state index contributed by atoms with van der Waals surface area (Å²) in [5.41, 5.74) is 4.49. The van der Waals surface area contributed by atoms with Crippen molar-refractivity contribution < 1.29 is 15.1 Å². The summed E-state index contributed by atoms with van der Waals surface area (Å²) >= 11 is 7.76. The van der Waals surface area contributed by atoms with E-state index in [1.165, 1.54) is 6.21 Å². The Balaban J connectivity index is 0.00000106. The van der Waals surface area contributed by atoms with Crippen molar-refractivity contribution in [2.75, 3.05) is 14.1 Å². The van der Waals surface area contributed by atoms with E-state index in [9.17, 15) is 0 Å². The van der Waals surface area contributed by atoms with Crippen molar-refractivity contribution in [3.63, 3.8) is 0 Å². The Kier molecular flexibility index (Phi) is 9.27. The first kappa shape index (κ1) is 15.4. The van der Waals surface area contributed by atoms with Gasteiger partial charge in [-0.15, -0.1) is 0 Å². The fourth-order valence-corrected chi connectivity index (χ4v) is 0.658. The normalized spacial score (nSPS) is 9.88. The van der Waals surface area contributed by atoms with E-state index in [1.807, 2.05) is 14.1 Å². The van der Waals surface area contributed by atoms with Crippen molar-refractivity contribution in [2.24, 2.45) is 5.10 Å². The van der Waals surface area contributed by atoms with Crippen LogP contribution in [0.15, 0.2) is 23.7 Å². The fourth-order valence-electron chi connectivity index (χ4n) is 0.606. The van der Waals surface area contributed by atoms with Gasteiger partial charge in [-0.2, -0.15) is 0 Å². The molecule has 0 saturated carbocycles. The van der Waals surface area contributed by atoms with Crippen LogP contribution in [0.25, 0.3) is 5.43 Å². The second-order valence-corrected chi connectivity index (χ2v) is 3.07. The van der Waals surface area contributed by atoms with Gasteiger partial charge in [-0.1, -0.05) is 0 Å². The topological polar surface area (TPSA) is 55.5 Å². The Labute approximate surface area is 112 Å². The predicted molar refractivity (Wildman–Crippen MR) is 66.3 cm³/mol. The van der Waals surface area contributed by atoms with Crippen LogP contribution in [-0.2, 0) is 27.3 Å². The Morgan fingerprint density at radius 1 is 1.56 bits per heavy atom. The van der Waals surface area contributed by atoms with Gasteiger partial charge in [0, 0.05) is 18.6 Å². The summed E-state index contributed by atoms with van der Waals surface area (Å²) in [6, 6.07) is 0. The minimum absolute atomic E-state index is 0.533. The number of hydrogen-bond acceptors (Lipinski definition) is 3. The first-order valence-corrected chi connectivity index (χ1v) is 5.79. The molecule has 0 unspecified atom stereocenters. The predicted octanol–water partition coefficient (Wildman–Crippen LogP) is 0.799. The van der Waals surface area contributed by atoms with E-state index >= 15 is 0 Å². The summed E-state index contributed by atoms with van der Waals surface area (Å²) in [6.07, 6.45) is 6.32. The van der Waals surface area contributed by atoms with Gasteiger partial charge in [0.1, 0.15) is 0 Å². The molecule has 0 amide bonds. The SMILES string of the molecule is CN(C)C(=[SH+])[N-]N=Cc1cnccn1.[Cl][Cu+]. The van der Waals surface area contributed by atoms with E-state index in [0.29, 0.717) is 10.8 Å². The van der Waals surface area contributed by atoms with Gasteiger partial charge >= 0.3 is 25.2 Å².